The average Bonchev–Trinajstić information content (AvgIpc) is 2.65. The molecular formula is C22H38O6. The lowest BCUT2D eigenvalue weighted by molar-refractivity contribution is -0.140. The van der Waals surface area contributed by atoms with Crippen molar-refractivity contribution in [1.29, 1.82) is 0 Å². The highest BCUT2D eigenvalue weighted by Gasteiger charge is 2.04. The lowest BCUT2D eigenvalue weighted by Gasteiger charge is -2.05. The highest BCUT2D eigenvalue weighted by atomic mass is 16.5. The van der Waals surface area contributed by atoms with Gasteiger partial charge in [0.15, 0.2) is 0 Å². The molecule has 162 valence electrons. The lowest BCUT2D eigenvalue weighted by Crippen LogP contribution is -2.09. The summed E-state index contributed by atoms with van der Waals surface area (Å²) >= 11 is 0. The Labute approximate surface area is 170 Å². The largest absolute Gasteiger partial charge is 0.478 e. The van der Waals surface area contributed by atoms with Gasteiger partial charge in [0.1, 0.15) is 0 Å². The monoisotopic (exact) mass is 398 g/mol. The minimum absolute atomic E-state index is 0.237. The van der Waals surface area contributed by atoms with E-state index in [4.69, 9.17) is 14.6 Å². The van der Waals surface area contributed by atoms with Crippen molar-refractivity contribution in [3.63, 3.8) is 0 Å². The van der Waals surface area contributed by atoms with Crippen molar-refractivity contribution >= 4 is 17.9 Å². The topological polar surface area (TPSA) is 89.9 Å². The predicted octanol–water partition coefficient (Wildman–Crippen LogP) is 5.09. The van der Waals surface area contributed by atoms with E-state index < -0.39 is 5.97 Å². The van der Waals surface area contributed by atoms with Crippen molar-refractivity contribution in [2.24, 2.45) is 5.92 Å². The van der Waals surface area contributed by atoms with E-state index in [1.54, 1.807) is 6.92 Å². The van der Waals surface area contributed by atoms with E-state index in [1.165, 1.54) is 12.8 Å². The van der Waals surface area contributed by atoms with Crippen LogP contribution in [-0.2, 0) is 23.9 Å². The van der Waals surface area contributed by atoms with Gasteiger partial charge < -0.3 is 14.6 Å². The summed E-state index contributed by atoms with van der Waals surface area (Å²) in [6, 6.07) is 0. The Balaban J connectivity index is -0.000000368. The molecule has 6 nitrogen and oxygen atoms in total. The Morgan fingerprint density at radius 1 is 1.00 bits per heavy atom. The van der Waals surface area contributed by atoms with Crippen LogP contribution >= 0.6 is 0 Å². The number of ether oxygens (including phenoxy) is 2. The van der Waals surface area contributed by atoms with E-state index in [2.05, 4.69) is 26.7 Å². The van der Waals surface area contributed by atoms with Crippen molar-refractivity contribution in [3.8, 4) is 0 Å². The van der Waals surface area contributed by atoms with Gasteiger partial charge in [0.2, 0.25) is 0 Å². The molecule has 28 heavy (non-hydrogen) atoms. The summed E-state index contributed by atoms with van der Waals surface area (Å²) in [5, 5.41) is 7.60. The van der Waals surface area contributed by atoms with Crippen LogP contribution in [0.2, 0.25) is 0 Å². The number of esters is 2. The van der Waals surface area contributed by atoms with Crippen LogP contribution in [0.4, 0.5) is 0 Å². The molecule has 6 heteroatoms. The molecule has 0 aliphatic carbocycles. The van der Waals surface area contributed by atoms with Gasteiger partial charge >= 0.3 is 17.9 Å². The van der Waals surface area contributed by atoms with Crippen LogP contribution in [0.5, 0.6) is 0 Å². The third kappa shape index (κ3) is 25.9. The summed E-state index contributed by atoms with van der Waals surface area (Å²) in [6.07, 6.45) is 6.04. The van der Waals surface area contributed by atoms with Crippen molar-refractivity contribution in [2.45, 2.75) is 66.7 Å². The summed E-state index contributed by atoms with van der Waals surface area (Å²) < 4.78 is 9.83. The zero-order valence-corrected chi connectivity index (χ0v) is 18.2. The summed E-state index contributed by atoms with van der Waals surface area (Å²) in [4.78, 5) is 31.1. The van der Waals surface area contributed by atoms with Crippen molar-refractivity contribution in [3.05, 3.63) is 37.0 Å². The lowest BCUT2D eigenvalue weighted by atomic mass is 10.2. The van der Waals surface area contributed by atoms with Gasteiger partial charge in [-0.3, -0.25) is 0 Å². The first-order valence-electron chi connectivity index (χ1n) is 9.56. The van der Waals surface area contributed by atoms with Crippen LogP contribution in [0.3, 0.4) is 0 Å². The van der Waals surface area contributed by atoms with Gasteiger partial charge in [0.25, 0.3) is 0 Å². The molecule has 0 atom stereocenters. The maximum atomic E-state index is 11.1. The molecule has 0 spiro atoms. The van der Waals surface area contributed by atoms with Gasteiger partial charge in [0, 0.05) is 17.2 Å². The normalized spacial score (nSPS) is 9.07. The number of hydrogen-bond acceptors (Lipinski definition) is 5. The molecule has 1 N–H and O–H groups in total. The highest BCUT2D eigenvalue weighted by Crippen LogP contribution is 2.03. The quantitative estimate of drug-likeness (QED) is 0.296. The first kappa shape index (κ1) is 30.4. The molecule has 0 aliphatic heterocycles. The van der Waals surface area contributed by atoms with Crippen molar-refractivity contribution in [2.75, 3.05) is 13.2 Å². The van der Waals surface area contributed by atoms with Crippen molar-refractivity contribution < 1.29 is 29.0 Å². The Bertz CT molecular complexity index is 491. The van der Waals surface area contributed by atoms with Crippen LogP contribution in [0, 0.1) is 5.92 Å². The molecule has 0 rings (SSSR count). The predicted molar refractivity (Wildman–Crippen MR) is 113 cm³/mol. The van der Waals surface area contributed by atoms with E-state index in [0.717, 1.165) is 18.9 Å². The van der Waals surface area contributed by atoms with E-state index >= 15 is 0 Å². The molecule has 0 saturated heterocycles. The third-order valence-corrected chi connectivity index (χ3v) is 3.02. The minimum Gasteiger partial charge on any atom is -0.478 e. The standard InChI is InChI=1S/C11H20O2.C8H14O2.C3H4O2/c1-4-6-7-8-9-13-11(12)10(3)5-2;1-6(2)5-10-8(9)7(3)4;1-2-3(4)5/h3-9H2,1-2H3;6H,3,5H2,1-2,4H3;2H,1H2,(H,4,5). The zero-order chi connectivity index (χ0) is 22.5. The van der Waals surface area contributed by atoms with E-state index in [-0.39, 0.29) is 11.9 Å². The number of carbonyl (C=O) groups excluding carboxylic acids is 2. The maximum absolute atomic E-state index is 11.1. The number of unbranched alkanes of at least 4 members (excludes halogenated alkanes) is 3. The number of hydrogen-bond donors (Lipinski definition) is 1. The number of aliphatic carboxylic acids is 1. The second-order valence-corrected chi connectivity index (χ2v) is 6.47. The molecule has 0 heterocycles. The fraction of sp³-hybridized carbons (Fsp3) is 0.591. The molecule has 0 radical (unpaired) electrons. The molecule has 0 aromatic heterocycles. The fourth-order valence-corrected chi connectivity index (χ4v) is 1.31. The van der Waals surface area contributed by atoms with E-state index in [0.29, 0.717) is 36.7 Å². The van der Waals surface area contributed by atoms with Crippen LogP contribution in [-0.4, -0.2) is 36.2 Å². The van der Waals surface area contributed by atoms with Crippen molar-refractivity contribution in [1.82, 2.24) is 0 Å². The smallest absolute Gasteiger partial charge is 0.333 e. The first-order valence-corrected chi connectivity index (χ1v) is 9.56. The Morgan fingerprint density at radius 3 is 1.89 bits per heavy atom. The van der Waals surface area contributed by atoms with Gasteiger partial charge in [0.05, 0.1) is 13.2 Å². The minimum atomic E-state index is -0.981. The molecule has 0 aromatic carbocycles. The maximum Gasteiger partial charge on any atom is 0.333 e. The molecule has 0 aromatic rings. The Kier molecular flexibility index (Phi) is 22.7. The number of carboxylic acid groups (broad SMARTS) is 1. The molecule has 0 unspecified atom stereocenters. The highest BCUT2D eigenvalue weighted by molar-refractivity contribution is 5.87. The molecule has 0 aliphatic rings. The molecular weight excluding hydrogens is 360 g/mol. The van der Waals surface area contributed by atoms with Gasteiger partial charge in [-0.1, -0.05) is 66.7 Å². The second-order valence-electron chi connectivity index (χ2n) is 6.47. The average molecular weight is 399 g/mol. The third-order valence-electron chi connectivity index (χ3n) is 3.02. The number of carboxylic acids is 1. The Morgan fingerprint density at radius 2 is 1.54 bits per heavy atom. The summed E-state index contributed by atoms with van der Waals surface area (Å²) in [7, 11) is 0. The molecule has 0 fully saturated rings. The first-order chi connectivity index (χ1) is 13.0. The molecule has 0 saturated carbocycles. The van der Waals surface area contributed by atoms with E-state index in [1.807, 2.05) is 20.8 Å². The zero-order valence-electron chi connectivity index (χ0n) is 18.2. The number of carbonyl (C=O) groups is 3. The van der Waals surface area contributed by atoms with Gasteiger partial charge in [-0.05, 0) is 25.7 Å². The van der Waals surface area contributed by atoms with Crippen LogP contribution < -0.4 is 0 Å². The second kappa shape index (κ2) is 20.9. The van der Waals surface area contributed by atoms with Crippen LogP contribution in [0.25, 0.3) is 0 Å². The molecule has 0 amide bonds. The number of rotatable bonds is 11. The summed E-state index contributed by atoms with van der Waals surface area (Å²) in [6.45, 7) is 20.7. The van der Waals surface area contributed by atoms with Gasteiger partial charge in [-0.25, -0.2) is 14.4 Å². The SMILES string of the molecule is C=C(C)C(=O)OCC(C)C.C=C(CC)C(=O)OCCCCCC.C=CC(=O)O. The summed E-state index contributed by atoms with van der Waals surface area (Å²) in [5.74, 6) is -1.12. The Hall–Kier alpha value is -2.37. The fourth-order valence-electron chi connectivity index (χ4n) is 1.31. The van der Waals surface area contributed by atoms with E-state index in [9.17, 15) is 14.4 Å². The van der Waals surface area contributed by atoms with Gasteiger partial charge in [-0.2, -0.15) is 0 Å². The molecule has 0 bridgehead atoms. The van der Waals surface area contributed by atoms with Gasteiger partial charge in [-0.15, -0.1) is 0 Å². The summed E-state index contributed by atoms with van der Waals surface area (Å²) in [5.41, 5.74) is 1.02. The van der Waals surface area contributed by atoms with Crippen LogP contribution in [0.1, 0.15) is 66.7 Å². The van der Waals surface area contributed by atoms with Crippen LogP contribution in [0.15, 0.2) is 37.0 Å².